The van der Waals surface area contributed by atoms with E-state index in [1.54, 1.807) is 13.1 Å². The molecule has 7 heteroatoms. The summed E-state index contributed by atoms with van der Waals surface area (Å²) in [5, 5.41) is 2.51. The smallest absolute Gasteiger partial charge is 0.325 e. The van der Waals surface area contributed by atoms with Crippen molar-refractivity contribution in [3.63, 3.8) is 0 Å². The van der Waals surface area contributed by atoms with Gasteiger partial charge < -0.3 is 10.2 Å². The molecule has 0 unspecified atom stereocenters. The number of nitrogens with zero attached hydrogens (tertiary/aromatic N) is 2. The lowest BCUT2D eigenvalue weighted by Gasteiger charge is -2.23. The average molecular weight is 333 g/mol. The summed E-state index contributed by atoms with van der Waals surface area (Å²) in [4.78, 5) is 39.5. The van der Waals surface area contributed by atoms with Crippen LogP contribution in [0.3, 0.4) is 0 Å². The van der Waals surface area contributed by atoms with Crippen LogP contribution in [0.2, 0.25) is 0 Å². The molecule has 1 aromatic carbocycles. The topological polar surface area (TPSA) is 69.7 Å². The van der Waals surface area contributed by atoms with Crippen molar-refractivity contribution in [1.29, 1.82) is 0 Å². The van der Waals surface area contributed by atoms with E-state index >= 15 is 0 Å². The molecule has 2 aliphatic rings. The molecule has 1 N–H and O–H groups in total. The number of imide groups is 1. The van der Waals surface area contributed by atoms with Crippen molar-refractivity contribution in [2.45, 2.75) is 25.3 Å². The van der Waals surface area contributed by atoms with Gasteiger partial charge in [-0.05, 0) is 31.7 Å². The third kappa shape index (κ3) is 2.86. The van der Waals surface area contributed by atoms with Gasteiger partial charge in [-0.1, -0.05) is 18.2 Å². The Balaban J connectivity index is 1.76. The second-order valence-electron chi connectivity index (χ2n) is 6.64. The molecule has 0 bridgehead atoms. The van der Waals surface area contributed by atoms with E-state index in [1.807, 2.05) is 0 Å². The van der Waals surface area contributed by atoms with E-state index in [1.165, 1.54) is 30.0 Å². The fourth-order valence-electron chi connectivity index (χ4n) is 2.94. The standard InChI is InChI=1S/C17H20FN3O3/c1-17(12-5-3-4-6-13(12)18)15(23)21(16(24)19-17)10-14(22)20(2)9-11-7-8-11/h3-6,11H,7-10H2,1-2H3,(H,19,24)/t17-/m0/s1. The largest absolute Gasteiger partial charge is 0.344 e. The minimum atomic E-state index is -1.50. The number of hydrogen-bond acceptors (Lipinski definition) is 3. The average Bonchev–Trinajstić information content (AvgIpc) is 3.32. The molecule has 1 heterocycles. The molecule has 1 atom stereocenters. The van der Waals surface area contributed by atoms with E-state index < -0.39 is 23.3 Å². The first-order chi connectivity index (χ1) is 11.3. The minimum Gasteiger partial charge on any atom is -0.344 e. The molecule has 1 aliphatic carbocycles. The van der Waals surface area contributed by atoms with Gasteiger partial charge in [-0.2, -0.15) is 0 Å². The molecule has 2 fully saturated rings. The summed E-state index contributed by atoms with van der Waals surface area (Å²) in [6.45, 7) is 1.75. The second kappa shape index (κ2) is 5.89. The first-order valence-corrected chi connectivity index (χ1v) is 7.96. The van der Waals surface area contributed by atoms with Crippen LogP contribution in [-0.4, -0.2) is 47.8 Å². The molecule has 4 amide bonds. The van der Waals surface area contributed by atoms with Crippen LogP contribution >= 0.6 is 0 Å². The van der Waals surface area contributed by atoms with Crippen molar-refractivity contribution in [2.24, 2.45) is 5.92 Å². The van der Waals surface area contributed by atoms with Crippen LogP contribution in [0.4, 0.5) is 9.18 Å². The van der Waals surface area contributed by atoms with Crippen LogP contribution in [0.15, 0.2) is 24.3 Å². The maximum atomic E-state index is 14.1. The van der Waals surface area contributed by atoms with E-state index in [0.717, 1.165) is 17.7 Å². The Labute approximate surface area is 139 Å². The van der Waals surface area contributed by atoms with Crippen LogP contribution in [0.5, 0.6) is 0 Å². The van der Waals surface area contributed by atoms with Gasteiger partial charge in [0, 0.05) is 19.2 Å². The predicted octanol–water partition coefficient (Wildman–Crippen LogP) is 1.46. The zero-order chi connectivity index (χ0) is 17.5. The number of rotatable bonds is 5. The second-order valence-corrected chi connectivity index (χ2v) is 6.64. The molecule has 0 aromatic heterocycles. The molecular weight excluding hydrogens is 313 g/mol. The lowest BCUT2D eigenvalue weighted by Crippen LogP contribution is -2.44. The highest BCUT2D eigenvalue weighted by atomic mass is 19.1. The number of halogens is 1. The summed E-state index contributed by atoms with van der Waals surface area (Å²) in [5.41, 5.74) is -1.41. The number of carbonyl (C=O) groups excluding carboxylic acids is 3. The number of nitrogens with one attached hydrogen (secondary N) is 1. The van der Waals surface area contributed by atoms with E-state index in [0.29, 0.717) is 12.5 Å². The molecule has 0 spiro atoms. The number of benzene rings is 1. The maximum Gasteiger partial charge on any atom is 0.325 e. The fourth-order valence-corrected chi connectivity index (χ4v) is 2.94. The summed E-state index contributed by atoms with van der Waals surface area (Å²) in [6.07, 6.45) is 2.21. The van der Waals surface area contributed by atoms with Gasteiger partial charge in [-0.3, -0.25) is 14.5 Å². The number of carbonyl (C=O) groups is 3. The molecule has 6 nitrogen and oxygen atoms in total. The van der Waals surface area contributed by atoms with Crippen molar-refractivity contribution < 1.29 is 18.8 Å². The highest BCUT2D eigenvalue weighted by molar-refractivity contribution is 6.09. The van der Waals surface area contributed by atoms with Crippen LogP contribution in [0.25, 0.3) is 0 Å². The molecule has 0 radical (unpaired) electrons. The Hall–Kier alpha value is -2.44. The van der Waals surface area contributed by atoms with Gasteiger partial charge in [0.2, 0.25) is 5.91 Å². The molecule has 1 aromatic rings. The zero-order valence-electron chi connectivity index (χ0n) is 13.7. The van der Waals surface area contributed by atoms with Crippen molar-refractivity contribution >= 4 is 17.8 Å². The molecule has 1 aliphatic heterocycles. The van der Waals surface area contributed by atoms with Crippen molar-refractivity contribution in [1.82, 2.24) is 15.1 Å². The zero-order valence-corrected chi connectivity index (χ0v) is 13.7. The van der Waals surface area contributed by atoms with Gasteiger partial charge in [0.05, 0.1) is 0 Å². The fraction of sp³-hybridized carbons (Fsp3) is 0.471. The number of amides is 4. The lowest BCUT2D eigenvalue weighted by molar-refractivity contribution is -0.138. The Kier molecular flexibility index (Phi) is 4.03. The SMILES string of the molecule is CN(CC1CC1)C(=O)CN1C(=O)N[C@@](C)(c2ccccc2F)C1=O. The molecule has 128 valence electrons. The summed E-state index contributed by atoms with van der Waals surface area (Å²) >= 11 is 0. The van der Waals surface area contributed by atoms with E-state index in [9.17, 15) is 18.8 Å². The highest BCUT2D eigenvalue weighted by Crippen LogP contribution is 2.31. The van der Waals surface area contributed by atoms with Gasteiger partial charge >= 0.3 is 6.03 Å². The highest BCUT2D eigenvalue weighted by Gasteiger charge is 2.50. The Morgan fingerprint density at radius 1 is 1.38 bits per heavy atom. The number of urea groups is 1. The first-order valence-electron chi connectivity index (χ1n) is 7.96. The monoisotopic (exact) mass is 333 g/mol. The van der Waals surface area contributed by atoms with Crippen molar-refractivity contribution in [3.05, 3.63) is 35.6 Å². The summed E-state index contributed by atoms with van der Waals surface area (Å²) in [5.74, 6) is -0.979. The van der Waals surface area contributed by atoms with Gasteiger partial charge in [0.15, 0.2) is 0 Å². The molecule has 24 heavy (non-hydrogen) atoms. The quantitative estimate of drug-likeness (QED) is 0.830. The number of hydrogen-bond donors (Lipinski definition) is 1. The van der Waals surface area contributed by atoms with Gasteiger partial charge in [-0.15, -0.1) is 0 Å². The van der Waals surface area contributed by atoms with Crippen LogP contribution in [-0.2, 0) is 15.1 Å². The summed E-state index contributed by atoms with van der Waals surface area (Å²) in [6, 6.07) is 5.12. The predicted molar refractivity (Wildman–Crippen MR) is 84.4 cm³/mol. The molecular formula is C17H20FN3O3. The summed E-state index contributed by atoms with van der Waals surface area (Å²) < 4.78 is 14.1. The van der Waals surface area contributed by atoms with Gasteiger partial charge in [0.1, 0.15) is 17.9 Å². The van der Waals surface area contributed by atoms with Crippen molar-refractivity contribution in [3.8, 4) is 0 Å². The third-order valence-corrected chi connectivity index (χ3v) is 4.64. The molecule has 1 saturated carbocycles. The maximum absolute atomic E-state index is 14.1. The van der Waals surface area contributed by atoms with E-state index in [-0.39, 0.29) is 18.0 Å². The van der Waals surface area contributed by atoms with Gasteiger partial charge in [0.25, 0.3) is 5.91 Å². The number of likely N-dealkylation sites (N-methyl/N-ethyl adjacent to an activating group) is 1. The minimum absolute atomic E-state index is 0.0876. The van der Waals surface area contributed by atoms with E-state index in [2.05, 4.69) is 5.32 Å². The molecule has 3 rings (SSSR count). The Bertz CT molecular complexity index is 704. The van der Waals surface area contributed by atoms with E-state index in [4.69, 9.17) is 0 Å². The summed E-state index contributed by atoms with van der Waals surface area (Å²) in [7, 11) is 1.66. The normalized spacial score (nSPS) is 23.4. The van der Waals surface area contributed by atoms with Gasteiger partial charge in [-0.25, -0.2) is 9.18 Å². The Morgan fingerprint density at radius 3 is 2.67 bits per heavy atom. The third-order valence-electron chi connectivity index (χ3n) is 4.64. The van der Waals surface area contributed by atoms with Crippen LogP contribution in [0, 0.1) is 11.7 Å². The first kappa shape index (κ1) is 16.4. The Morgan fingerprint density at radius 2 is 2.04 bits per heavy atom. The lowest BCUT2D eigenvalue weighted by atomic mass is 9.91. The van der Waals surface area contributed by atoms with Crippen LogP contribution < -0.4 is 5.32 Å². The van der Waals surface area contributed by atoms with Crippen molar-refractivity contribution in [2.75, 3.05) is 20.1 Å². The molecule has 1 saturated heterocycles. The van der Waals surface area contributed by atoms with Crippen LogP contribution in [0.1, 0.15) is 25.3 Å².